The van der Waals surface area contributed by atoms with Gasteiger partial charge in [-0.25, -0.2) is 4.98 Å². The number of thioether (sulfide) groups is 1. The van der Waals surface area contributed by atoms with Crippen LogP contribution in [0.15, 0.2) is 69.9 Å². The lowest BCUT2D eigenvalue weighted by atomic mass is 10.2. The van der Waals surface area contributed by atoms with Gasteiger partial charge in [-0.2, -0.15) is 0 Å². The molecule has 0 saturated heterocycles. The molecule has 11 heteroatoms. The van der Waals surface area contributed by atoms with Crippen LogP contribution in [0, 0.1) is 0 Å². The first-order valence-electron chi connectivity index (χ1n) is 10.0. The van der Waals surface area contributed by atoms with Gasteiger partial charge >= 0.3 is 0 Å². The summed E-state index contributed by atoms with van der Waals surface area (Å²) in [6.07, 6.45) is 0. The molecule has 9 nitrogen and oxygen atoms in total. The number of hydrazine groups is 1. The van der Waals surface area contributed by atoms with E-state index in [1.165, 1.54) is 30.1 Å². The third-order valence-electron chi connectivity index (χ3n) is 4.76. The highest BCUT2D eigenvalue weighted by molar-refractivity contribution is 7.99. The monoisotopic (exact) mass is 496 g/mol. The minimum Gasteiger partial charge on any atom is -0.493 e. The van der Waals surface area contributed by atoms with Crippen molar-refractivity contribution in [2.24, 2.45) is 0 Å². The van der Waals surface area contributed by atoms with Crippen LogP contribution in [0.4, 0.5) is 0 Å². The Morgan fingerprint density at radius 2 is 1.82 bits per heavy atom. The van der Waals surface area contributed by atoms with Crippen LogP contribution in [0.5, 0.6) is 11.5 Å². The van der Waals surface area contributed by atoms with Crippen LogP contribution in [0.1, 0.15) is 9.67 Å². The van der Waals surface area contributed by atoms with Crippen LogP contribution < -0.4 is 25.9 Å². The Kier molecular flexibility index (Phi) is 7.14. The molecule has 0 saturated carbocycles. The smallest absolute Gasteiger partial charge is 0.279 e. The van der Waals surface area contributed by atoms with E-state index in [9.17, 15) is 14.4 Å². The number of carbonyl (C=O) groups excluding carboxylic acids is 2. The third kappa shape index (κ3) is 4.90. The molecule has 0 atom stereocenters. The van der Waals surface area contributed by atoms with Gasteiger partial charge in [0, 0.05) is 6.07 Å². The van der Waals surface area contributed by atoms with Crippen molar-refractivity contribution in [3.8, 4) is 17.2 Å². The second-order valence-electron chi connectivity index (χ2n) is 6.86. The molecule has 174 valence electrons. The zero-order chi connectivity index (χ0) is 24.1. The topological polar surface area (TPSA) is 112 Å². The van der Waals surface area contributed by atoms with Crippen LogP contribution in [0.3, 0.4) is 0 Å². The molecule has 2 amide bonds. The van der Waals surface area contributed by atoms with E-state index in [1.807, 2.05) is 0 Å². The van der Waals surface area contributed by atoms with Gasteiger partial charge in [0.1, 0.15) is 0 Å². The van der Waals surface area contributed by atoms with Gasteiger partial charge in [-0.15, -0.1) is 11.3 Å². The molecule has 0 aliphatic heterocycles. The van der Waals surface area contributed by atoms with Crippen molar-refractivity contribution in [2.45, 2.75) is 5.16 Å². The first kappa shape index (κ1) is 23.3. The van der Waals surface area contributed by atoms with Crippen molar-refractivity contribution in [2.75, 3.05) is 20.0 Å². The lowest BCUT2D eigenvalue weighted by molar-refractivity contribution is -0.119. The first-order chi connectivity index (χ1) is 16.5. The van der Waals surface area contributed by atoms with Crippen molar-refractivity contribution >= 4 is 45.8 Å². The molecule has 0 fully saturated rings. The SMILES string of the molecule is COc1ccc(-n2c(SCC(=O)NNC(=O)c3cccs3)nc3ccccc3c2=O)cc1OC. The number of carbonyl (C=O) groups is 2. The van der Waals surface area contributed by atoms with Crippen molar-refractivity contribution in [3.05, 3.63) is 75.2 Å². The zero-order valence-electron chi connectivity index (χ0n) is 18.2. The van der Waals surface area contributed by atoms with E-state index >= 15 is 0 Å². The van der Waals surface area contributed by atoms with Crippen LogP contribution in [-0.2, 0) is 4.79 Å². The summed E-state index contributed by atoms with van der Waals surface area (Å²) in [6.45, 7) is 0. The van der Waals surface area contributed by atoms with E-state index in [-0.39, 0.29) is 11.3 Å². The molecule has 0 unspecified atom stereocenters. The number of ether oxygens (including phenoxy) is 2. The molecular weight excluding hydrogens is 476 g/mol. The summed E-state index contributed by atoms with van der Waals surface area (Å²) in [4.78, 5) is 42.9. The van der Waals surface area contributed by atoms with E-state index in [0.717, 1.165) is 11.8 Å². The maximum Gasteiger partial charge on any atom is 0.279 e. The van der Waals surface area contributed by atoms with Gasteiger partial charge in [-0.05, 0) is 35.7 Å². The number of methoxy groups -OCH3 is 2. The number of para-hydroxylation sites is 1. The zero-order valence-corrected chi connectivity index (χ0v) is 19.9. The predicted molar refractivity (Wildman–Crippen MR) is 131 cm³/mol. The lowest BCUT2D eigenvalue weighted by Gasteiger charge is -2.15. The number of fused-ring (bicyclic) bond motifs is 1. The molecule has 4 aromatic rings. The van der Waals surface area contributed by atoms with Crippen LogP contribution in [0.2, 0.25) is 0 Å². The molecule has 0 aliphatic carbocycles. The summed E-state index contributed by atoms with van der Waals surface area (Å²) in [5, 5.41) is 2.52. The van der Waals surface area contributed by atoms with Gasteiger partial charge < -0.3 is 9.47 Å². The van der Waals surface area contributed by atoms with Crippen molar-refractivity contribution in [3.63, 3.8) is 0 Å². The summed E-state index contributed by atoms with van der Waals surface area (Å²) < 4.78 is 12.1. The predicted octanol–water partition coefficient (Wildman–Crippen LogP) is 3.02. The summed E-state index contributed by atoms with van der Waals surface area (Å²) in [5.41, 5.74) is 5.49. The Morgan fingerprint density at radius 3 is 2.56 bits per heavy atom. The van der Waals surface area contributed by atoms with Crippen molar-refractivity contribution in [1.82, 2.24) is 20.4 Å². The molecular formula is C23H20N4O5S2. The molecule has 0 aliphatic rings. The second kappa shape index (κ2) is 10.4. The lowest BCUT2D eigenvalue weighted by Crippen LogP contribution is -2.42. The van der Waals surface area contributed by atoms with Crippen LogP contribution in [0.25, 0.3) is 16.6 Å². The third-order valence-corrected chi connectivity index (χ3v) is 6.57. The molecule has 2 heterocycles. The molecule has 4 rings (SSSR count). The van der Waals surface area contributed by atoms with Gasteiger partial charge in [0.15, 0.2) is 16.7 Å². The highest BCUT2D eigenvalue weighted by Crippen LogP contribution is 2.30. The minimum atomic E-state index is -0.448. The molecule has 0 bridgehead atoms. The average Bonchev–Trinajstić information content (AvgIpc) is 3.41. The summed E-state index contributed by atoms with van der Waals surface area (Å²) in [6, 6.07) is 15.5. The fourth-order valence-corrected chi connectivity index (χ4v) is 4.59. The van der Waals surface area contributed by atoms with E-state index in [2.05, 4.69) is 15.8 Å². The number of hydrogen-bond acceptors (Lipinski definition) is 8. The van der Waals surface area contributed by atoms with E-state index in [4.69, 9.17) is 9.47 Å². The molecule has 2 aromatic heterocycles. The number of rotatable bonds is 7. The maximum absolute atomic E-state index is 13.4. The van der Waals surface area contributed by atoms with Crippen molar-refractivity contribution < 1.29 is 19.1 Å². The van der Waals surface area contributed by atoms with Gasteiger partial charge in [-0.1, -0.05) is 30.0 Å². The normalized spacial score (nSPS) is 10.6. The second-order valence-corrected chi connectivity index (χ2v) is 8.75. The fraction of sp³-hybridized carbons (Fsp3) is 0.130. The molecule has 34 heavy (non-hydrogen) atoms. The minimum absolute atomic E-state index is 0.0806. The molecule has 0 radical (unpaired) electrons. The largest absolute Gasteiger partial charge is 0.493 e. The van der Waals surface area contributed by atoms with E-state index in [0.29, 0.717) is 38.1 Å². The van der Waals surface area contributed by atoms with Crippen molar-refractivity contribution in [1.29, 1.82) is 0 Å². The van der Waals surface area contributed by atoms with Crippen LogP contribution in [-0.4, -0.2) is 41.3 Å². The average molecular weight is 497 g/mol. The molecule has 2 aromatic carbocycles. The van der Waals surface area contributed by atoms with Gasteiger partial charge in [-0.3, -0.25) is 29.8 Å². The Hall–Kier alpha value is -3.83. The van der Waals surface area contributed by atoms with E-state index < -0.39 is 11.8 Å². The summed E-state index contributed by atoms with van der Waals surface area (Å²) in [7, 11) is 3.03. The maximum atomic E-state index is 13.4. The standard InChI is InChI=1S/C23H20N4O5S2/c1-31-17-10-9-14(12-18(17)32-2)27-22(30)15-6-3-4-7-16(15)24-23(27)34-13-20(28)25-26-21(29)19-8-5-11-33-19/h3-12H,13H2,1-2H3,(H,25,28)(H,26,29). The van der Waals surface area contributed by atoms with Crippen LogP contribution >= 0.6 is 23.1 Å². The number of nitrogens with zero attached hydrogens (tertiary/aromatic N) is 2. The Labute approximate surface area is 202 Å². The number of benzene rings is 2. The number of amides is 2. The number of aromatic nitrogens is 2. The highest BCUT2D eigenvalue weighted by atomic mass is 32.2. The quantitative estimate of drug-likeness (QED) is 0.230. The Morgan fingerprint density at radius 1 is 1.03 bits per heavy atom. The molecule has 0 spiro atoms. The first-order valence-corrected chi connectivity index (χ1v) is 11.9. The Balaban J connectivity index is 1.62. The van der Waals surface area contributed by atoms with E-state index in [1.54, 1.807) is 60.0 Å². The highest BCUT2D eigenvalue weighted by Gasteiger charge is 2.17. The molecule has 2 N–H and O–H groups in total. The summed E-state index contributed by atoms with van der Waals surface area (Å²) >= 11 is 2.34. The summed E-state index contributed by atoms with van der Waals surface area (Å²) in [5.74, 6) is 0.0340. The Bertz CT molecular complexity index is 1400. The number of hydrogen-bond donors (Lipinski definition) is 2. The van der Waals surface area contributed by atoms with Gasteiger partial charge in [0.2, 0.25) is 5.91 Å². The number of thiophene rings is 1. The fourth-order valence-electron chi connectivity index (χ4n) is 3.16. The van der Waals surface area contributed by atoms with Gasteiger partial charge in [0.05, 0.1) is 41.4 Å². The van der Waals surface area contributed by atoms with Gasteiger partial charge in [0.25, 0.3) is 11.5 Å². The number of nitrogens with one attached hydrogen (secondary N) is 2.